The summed E-state index contributed by atoms with van der Waals surface area (Å²) in [6.07, 6.45) is 4.21. The Balaban J connectivity index is 0.000000405. The topological polar surface area (TPSA) is 12.5 Å². The summed E-state index contributed by atoms with van der Waals surface area (Å²) in [7, 11) is -0.425. The monoisotopic (exact) mass is 258 g/mol. The van der Waals surface area contributed by atoms with Gasteiger partial charge in [-0.15, -0.1) is 0 Å². The number of rotatable bonds is 0. The third kappa shape index (κ3) is 1.58. The minimum Gasteiger partial charge on any atom is -1.00 e. The Kier molecular flexibility index (Phi) is 2.11. The first kappa shape index (κ1) is 8.22. The maximum Gasteiger partial charge on any atom is 0.121 e. The maximum absolute atomic E-state index is 5.32. The van der Waals surface area contributed by atoms with E-state index in [2.05, 4.69) is 13.3 Å². The molecule has 0 aromatic carbocycles. The molecule has 54 valence electrons. The van der Waals surface area contributed by atoms with E-state index in [1.54, 1.807) is 0 Å². The van der Waals surface area contributed by atoms with Crippen molar-refractivity contribution in [2.24, 2.45) is 0 Å². The van der Waals surface area contributed by atoms with Crippen molar-refractivity contribution in [3.63, 3.8) is 0 Å². The molecule has 2 aliphatic heterocycles. The van der Waals surface area contributed by atoms with Crippen molar-refractivity contribution in [2.75, 3.05) is 25.7 Å². The number of fused-ring (bicyclic) bond motifs is 1. The summed E-state index contributed by atoms with van der Waals surface area (Å²) >= 11 is 0. The van der Waals surface area contributed by atoms with Crippen molar-refractivity contribution in [3.8, 4) is 0 Å². The van der Waals surface area contributed by atoms with E-state index in [1.165, 1.54) is 12.3 Å². The number of hydrogen-bond donors (Lipinski definition) is 0. The molecule has 0 aromatic heterocycles. The fourth-order valence-corrected chi connectivity index (χ4v) is 4.29. The number of ether oxygens (including phenoxy) is 1. The molecule has 2 rings (SSSR count). The smallest absolute Gasteiger partial charge is 0.121 e. The molecule has 9 heavy (non-hydrogen) atoms. The van der Waals surface area contributed by atoms with Gasteiger partial charge in [0.1, 0.15) is 12.2 Å². The lowest BCUT2D eigenvalue weighted by molar-refractivity contribution is -0.00000254. The summed E-state index contributed by atoms with van der Waals surface area (Å²) in [6.45, 7) is 4.87. The average Bonchev–Trinajstić information content (AvgIpc) is 2.11. The maximum atomic E-state index is 5.32. The molecule has 3 heteroatoms. The molecule has 0 N–H and O–H groups in total. The molecule has 0 saturated carbocycles. The molecule has 2 unspecified atom stereocenters. The van der Waals surface area contributed by atoms with Crippen LogP contribution < -0.4 is 24.0 Å². The number of epoxide rings is 1. The lowest BCUT2D eigenvalue weighted by Gasteiger charge is -2.09. The molecule has 0 aliphatic carbocycles. The second-order valence-electron chi connectivity index (χ2n) is 3.51. The standard InChI is InChI=1S/C6H12OP.HI/c1-8(2)3-5-6(4-8)7-5;/h5-6H,3-4H2,1-2H3;1H/q+1;/p-1. The van der Waals surface area contributed by atoms with E-state index >= 15 is 0 Å². The van der Waals surface area contributed by atoms with E-state index in [0.29, 0.717) is 12.2 Å². The molecule has 2 saturated heterocycles. The van der Waals surface area contributed by atoms with Crippen LogP contribution in [0, 0.1) is 0 Å². The van der Waals surface area contributed by atoms with Crippen molar-refractivity contribution in [2.45, 2.75) is 12.2 Å². The molecule has 0 radical (unpaired) electrons. The van der Waals surface area contributed by atoms with Crippen LogP contribution in [0.5, 0.6) is 0 Å². The lowest BCUT2D eigenvalue weighted by atomic mass is 10.4. The molecule has 1 nitrogen and oxygen atoms in total. The zero-order chi connectivity index (χ0) is 5.78. The zero-order valence-electron chi connectivity index (χ0n) is 5.80. The van der Waals surface area contributed by atoms with Gasteiger partial charge >= 0.3 is 0 Å². The second kappa shape index (κ2) is 2.31. The Morgan fingerprint density at radius 2 is 1.67 bits per heavy atom. The van der Waals surface area contributed by atoms with E-state index < -0.39 is 7.26 Å². The van der Waals surface area contributed by atoms with Crippen LogP contribution in [0.3, 0.4) is 0 Å². The second-order valence-corrected chi connectivity index (χ2v) is 8.12. The summed E-state index contributed by atoms with van der Waals surface area (Å²) in [5.41, 5.74) is 0. The van der Waals surface area contributed by atoms with E-state index in [9.17, 15) is 0 Å². The highest BCUT2D eigenvalue weighted by atomic mass is 127. The van der Waals surface area contributed by atoms with Gasteiger partial charge in [0.05, 0.1) is 12.3 Å². The van der Waals surface area contributed by atoms with E-state index in [1.807, 2.05) is 0 Å². The highest BCUT2D eigenvalue weighted by Gasteiger charge is 2.56. The predicted octanol–water partition coefficient (Wildman–Crippen LogP) is -1.95. The zero-order valence-corrected chi connectivity index (χ0v) is 8.85. The summed E-state index contributed by atoms with van der Waals surface area (Å²) in [6, 6.07) is 0. The van der Waals surface area contributed by atoms with Gasteiger partial charge in [-0.05, 0) is 0 Å². The van der Waals surface area contributed by atoms with Crippen LogP contribution in [0.2, 0.25) is 0 Å². The quantitative estimate of drug-likeness (QED) is 0.279. The fraction of sp³-hybridized carbons (Fsp3) is 1.00. The van der Waals surface area contributed by atoms with Gasteiger partial charge in [-0.3, -0.25) is 0 Å². The summed E-state index contributed by atoms with van der Waals surface area (Å²) in [5, 5.41) is 0. The third-order valence-corrected chi connectivity index (χ3v) is 4.73. The van der Waals surface area contributed by atoms with Crippen LogP contribution >= 0.6 is 7.26 Å². The average molecular weight is 258 g/mol. The van der Waals surface area contributed by atoms with Crippen molar-refractivity contribution >= 4 is 7.26 Å². The van der Waals surface area contributed by atoms with E-state index in [0.717, 1.165) is 0 Å². The van der Waals surface area contributed by atoms with Gasteiger partial charge in [-0.25, -0.2) is 0 Å². The van der Waals surface area contributed by atoms with Crippen molar-refractivity contribution in [1.29, 1.82) is 0 Å². The largest absolute Gasteiger partial charge is 1.00 e. The van der Waals surface area contributed by atoms with Crippen LogP contribution in [0.4, 0.5) is 0 Å². The molecule has 2 heterocycles. The molecule has 0 spiro atoms. The highest BCUT2D eigenvalue weighted by molar-refractivity contribution is 7.75. The molecule has 2 aliphatic rings. The van der Waals surface area contributed by atoms with Crippen LogP contribution in [0.25, 0.3) is 0 Å². The SMILES string of the molecule is C[P+]1(C)CC2OC2C1.[I-]. The Morgan fingerprint density at radius 3 is 1.89 bits per heavy atom. The Hall–Kier alpha value is 1.12. The molecular formula is C6H12IOP. The summed E-state index contributed by atoms with van der Waals surface area (Å²) in [5.74, 6) is 0. The minimum atomic E-state index is -0.425. The fourth-order valence-electron chi connectivity index (χ4n) is 1.55. The van der Waals surface area contributed by atoms with Gasteiger partial charge in [0.15, 0.2) is 0 Å². The van der Waals surface area contributed by atoms with Crippen LogP contribution in [0.1, 0.15) is 0 Å². The van der Waals surface area contributed by atoms with Crippen LogP contribution in [-0.2, 0) is 4.74 Å². The van der Waals surface area contributed by atoms with E-state index in [4.69, 9.17) is 4.74 Å². The lowest BCUT2D eigenvalue weighted by Crippen LogP contribution is -3.00. The van der Waals surface area contributed by atoms with Gasteiger partial charge in [0.2, 0.25) is 0 Å². The first-order chi connectivity index (χ1) is 3.67. The molecule has 0 aromatic rings. The van der Waals surface area contributed by atoms with Crippen molar-refractivity contribution in [1.82, 2.24) is 0 Å². The first-order valence-corrected chi connectivity index (χ1v) is 6.20. The van der Waals surface area contributed by atoms with Crippen molar-refractivity contribution < 1.29 is 28.7 Å². The molecule has 2 fully saturated rings. The van der Waals surface area contributed by atoms with Gasteiger partial charge in [0, 0.05) is 20.6 Å². The van der Waals surface area contributed by atoms with Gasteiger partial charge in [-0.1, -0.05) is 0 Å². The highest BCUT2D eigenvalue weighted by Crippen LogP contribution is 2.62. The molecule has 0 amide bonds. The normalized spacial score (nSPS) is 43.3. The predicted molar refractivity (Wildman–Crippen MR) is 37.2 cm³/mol. The summed E-state index contributed by atoms with van der Waals surface area (Å²) < 4.78 is 5.32. The number of hydrogen-bond acceptors (Lipinski definition) is 1. The van der Waals surface area contributed by atoms with Crippen LogP contribution in [-0.4, -0.2) is 37.9 Å². The molecular weight excluding hydrogens is 246 g/mol. The third-order valence-electron chi connectivity index (χ3n) is 2.04. The van der Waals surface area contributed by atoms with E-state index in [-0.39, 0.29) is 24.0 Å². The minimum absolute atomic E-state index is 0. The van der Waals surface area contributed by atoms with Gasteiger partial charge in [0.25, 0.3) is 0 Å². The van der Waals surface area contributed by atoms with Gasteiger partial charge in [-0.2, -0.15) is 0 Å². The first-order valence-electron chi connectivity index (χ1n) is 3.15. The molecule has 2 atom stereocenters. The van der Waals surface area contributed by atoms with Gasteiger partial charge < -0.3 is 28.7 Å². The Morgan fingerprint density at radius 1 is 1.22 bits per heavy atom. The Bertz CT molecular complexity index is 114. The molecule has 0 bridgehead atoms. The summed E-state index contributed by atoms with van der Waals surface area (Å²) in [4.78, 5) is 0. The Labute approximate surface area is 73.9 Å². The number of halogens is 1. The van der Waals surface area contributed by atoms with Crippen molar-refractivity contribution in [3.05, 3.63) is 0 Å². The van der Waals surface area contributed by atoms with Crippen LogP contribution in [0.15, 0.2) is 0 Å².